The van der Waals surface area contributed by atoms with E-state index in [0.29, 0.717) is 15.7 Å². The summed E-state index contributed by atoms with van der Waals surface area (Å²) >= 11 is 3.30. The number of anilines is 1. The van der Waals surface area contributed by atoms with Gasteiger partial charge in [0.1, 0.15) is 0 Å². The van der Waals surface area contributed by atoms with Gasteiger partial charge in [0.15, 0.2) is 0 Å². The van der Waals surface area contributed by atoms with Crippen molar-refractivity contribution in [3.05, 3.63) is 64.1 Å². The third-order valence-electron chi connectivity index (χ3n) is 2.96. The summed E-state index contributed by atoms with van der Waals surface area (Å²) in [6.07, 6.45) is 0. The second-order valence-corrected chi connectivity index (χ2v) is 5.12. The Balaban J connectivity index is 2.20. The van der Waals surface area contributed by atoms with Crippen LogP contribution in [0.2, 0.25) is 0 Å². The molecule has 1 atom stereocenters. The standard InChI is InChI=1S/C15H15BrN2O2/c16-14-11(7-4-8-12(14)17)15(20)18-13(9-19)10-5-2-1-3-6-10/h1-8,13,19H,9,17H2,(H,18,20)/t13-/m1/s1. The molecule has 0 aliphatic heterocycles. The Hall–Kier alpha value is -1.85. The first-order chi connectivity index (χ1) is 9.63. The Bertz CT molecular complexity index is 602. The summed E-state index contributed by atoms with van der Waals surface area (Å²) in [6, 6.07) is 14.0. The number of carbonyl (C=O) groups is 1. The lowest BCUT2D eigenvalue weighted by Gasteiger charge is -2.17. The van der Waals surface area contributed by atoms with Crippen LogP contribution in [0.25, 0.3) is 0 Å². The second kappa shape index (κ2) is 6.54. The lowest BCUT2D eigenvalue weighted by molar-refractivity contribution is 0.0915. The van der Waals surface area contributed by atoms with Crippen molar-refractivity contribution in [3.63, 3.8) is 0 Å². The highest BCUT2D eigenvalue weighted by Gasteiger charge is 2.17. The van der Waals surface area contributed by atoms with Crippen molar-refractivity contribution in [1.29, 1.82) is 0 Å². The molecule has 0 aromatic heterocycles. The summed E-state index contributed by atoms with van der Waals surface area (Å²) in [6.45, 7) is -0.171. The molecule has 104 valence electrons. The predicted octanol–water partition coefficient (Wildman–Crippen LogP) is 2.49. The molecule has 0 spiro atoms. The zero-order chi connectivity index (χ0) is 14.5. The number of aliphatic hydroxyl groups excluding tert-OH is 1. The molecule has 0 fully saturated rings. The highest BCUT2D eigenvalue weighted by molar-refractivity contribution is 9.10. The molecule has 20 heavy (non-hydrogen) atoms. The molecule has 1 amide bonds. The van der Waals surface area contributed by atoms with Crippen LogP contribution in [-0.4, -0.2) is 17.6 Å². The van der Waals surface area contributed by atoms with E-state index in [-0.39, 0.29) is 12.5 Å². The van der Waals surface area contributed by atoms with Crippen LogP contribution >= 0.6 is 15.9 Å². The van der Waals surface area contributed by atoms with E-state index in [1.54, 1.807) is 18.2 Å². The highest BCUT2D eigenvalue weighted by atomic mass is 79.9. The highest BCUT2D eigenvalue weighted by Crippen LogP contribution is 2.24. The van der Waals surface area contributed by atoms with Gasteiger partial charge in [-0.15, -0.1) is 0 Å². The Labute approximate surface area is 125 Å². The molecular formula is C15H15BrN2O2. The van der Waals surface area contributed by atoms with E-state index >= 15 is 0 Å². The normalized spacial score (nSPS) is 11.9. The molecule has 0 saturated carbocycles. The number of nitrogen functional groups attached to an aromatic ring is 1. The molecule has 5 heteroatoms. The number of rotatable bonds is 4. The van der Waals surface area contributed by atoms with E-state index in [1.165, 1.54) is 0 Å². The summed E-state index contributed by atoms with van der Waals surface area (Å²) in [5, 5.41) is 12.2. The van der Waals surface area contributed by atoms with Crippen molar-refractivity contribution < 1.29 is 9.90 Å². The number of halogens is 1. The first-order valence-electron chi connectivity index (χ1n) is 6.14. The van der Waals surface area contributed by atoms with Gasteiger partial charge in [-0.1, -0.05) is 36.4 Å². The maximum absolute atomic E-state index is 12.3. The molecule has 0 saturated heterocycles. The van der Waals surface area contributed by atoms with Crippen molar-refractivity contribution in [1.82, 2.24) is 5.32 Å². The lowest BCUT2D eigenvalue weighted by Crippen LogP contribution is -2.31. The van der Waals surface area contributed by atoms with E-state index < -0.39 is 6.04 Å². The van der Waals surface area contributed by atoms with Crippen LogP contribution in [0.15, 0.2) is 53.0 Å². The van der Waals surface area contributed by atoms with Crippen LogP contribution in [0.5, 0.6) is 0 Å². The van der Waals surface area contributed by atoms with E-state index in [4.69, 9.17) is 5.73 Å². The van der Waals surface area contributed by atoms with Gasteiger partial charge in [-0.05, 0) is 33.6 Å². The third kappa shape index (κ3) is 3.18. The van der Waals surface area contributed by atoms with Gasteiger partial charge in [-0.25, -0.2) is 0 Å². The molecule has 0 bridgehead atoms. The van der Waals surface area contributed by atoms with Gasteiger partial charge in [0, 0.05) is 5.69 Å². The molecule has 0 unspecified atom stereocenters. The summed E-state index contributed by atoms with van der Waals surface area (Å²) in [7, 11) is 0. The average Bonchev–Trinajstić information content (AvgIpc) is 2.48. The number of hydrogen-bond acceptors (Lipinski definition) is 3. The zero-order valence-electron chi connectivity index (χ0n) is 10.7. The molecule has 0 radical (unpaired) electrons. The fraction of sp³-hybridized carbons (Fsp3) is 0.133. The van der Waals surface area contributed by atoms with Crippen LogP contribution < -0.4 is 11.1 Å². The Morgan fingerprint density at radius 2 is 1.90 bits per heavy atom. The van der Waals surface area contributed by atoms with Crippen LogP contribution in [-0.2, 0) is 0 Å². The second-order valence-electron chi connectivity index (χ2n) is 4.33. The largest absolute Gasteiger partial charge is 0.398 e. The third-order valence-corrected chi connectivity index (χ3v) is 3.85. The average molecular weight is 335 g/mol. The van der Waals surface area contributed by atoms with Gasteiger partial charge >= 0.3 is 0 Å². The number of carbonyl (C=O) groups excluding carboxylic acids is 1. The fourth-order valence-corrected chi connectivity index (χ4v) is 2.33. The molecular weight excluding hydrogens is 320 g/mol. The van der Waals surface area contributed by atoms with Gasteiger partial charge in [-0.2, -0.15) is 0 Å². The van der Waals surface area contributed by atoms with Crippen LogP contribution in [0, 0.1) is 0 Å². The van der Waals surface area contributed by atoms with Crippen molar-refractivity contribution in [2.75, 3.05) is 12.3 Å². The van der Waals surface area contributed by atoms with Gasteiger partial charge in [0.05, 0.1) is 22.7 Å². The van der Waals surface area contributed by atoms with Crippen LogP contribution in [0.1, 0.15) is 22.0 Å². The molecule has 2 aromatic carbocycles. The molecule has 2 aromatic rings. The molecule has 4 nitrogen and oxygen atoms in total. The van der Waals surface area contributed by atoms with Crippen molar-refractivity contribution in [2.24, 2.45) is 0 Å². The minimum Gasteiger partial charge on any atom is -0.398 e. The monoisotopic (exact) mass is 334 g/mol. The van der Waals surface area contributed by atoms with E-state index in [9.17, 15) is 9.90 Å². The Morgan fingerprint density at radius 3 is 2.55 bits per heavy atom. The number of benzene rings is 2. The van der Waals surface area contributed by atoms with Gasteiger partial charge in [-0.3, -0.25) is 4.79 Å². The first kappa shape index (κ1) is 14.6. The van der Waals surface area contributed by atoms with Gasteiger partial charge in [0.2, 0.25) is 0 Å². The SMILES string of the molecule is Nc1cccc(C(=O)N[C@H](CO)c2ccccc2)c1Br. The van der Waals surface area contributed by atoms with E-state index in [1.807, 2.05) is 30.3 Å². The smallest absolute Gasteiger partial charge is 0.253 e. The quantitative estimate of drug-likeness (QED) is 0.752. The molecule has 4 N–H and O–H groups in total. The topological polar surface area (TPSA) is 75.4 Å². The van der Waals surface area contributed by atoms with Crippen LogP contribution in [0.4, 0.5) is 5.69 Å². The predicted molar refractivity (Wildman–Crippen MR) is 82.3 cm³/mol. The van der Waals surface area contributed by atoms with Crippen molar-refractivity contribution >= 4 is 27.5 Å². The lowest BCUT2D eigenvalue weighted by atomic mass is 10.1. The first-order valence-corrected chi connectivity index (χ1v) is 6.93. The molecule has 0 heterocycles. The summed E-state index contributed by atoms with van der Waals surface area (Å²) in [4.78, 5) is 12.3. The minimum absolute atomic E-state index is 0.171. The van der Waals surface area contributed by atoms with Gasteiger partial charge < -0.3 is 16.2 Å². The molecule has 0 aliphatic carbocycles. The Kier molecular flexibility index (Phi) is 4.76. The zero-order valence-corrected chi connectivity index (χ0v) is 12.3. The van der Waals surface area contributed by atoms with Crippen LogP contribution in [0.3, 0.4) is 0 Å². The molecule has 0 aliphatic rings. The number of hydrogen-bond donors (Lipinski definition) is 3. The summed E-state index contributed by atoms with van der Waals surface area (Å²) in [5.41, 5.74) is 7.55. The maximum Gasteiger partial charge on any atom is 0.253 e. The fourth-order valence-electron chi connectivity index (χ4n) is 1.88. The summed E-state index contributed by atoms with van der Waals surface area (Å²) in [5.74, 6) is -0.285. The number of nitrogens with two attached hydrogens (primary N) is 1. The maximum atomic E-state index is 12.3. The number of aliphatic hydroxyl groups is 1. The van der Waals surface area contributed by atoms with Gasteiger partial charge in [0.25, 0.3) is 5.91 Å². The van der Waals surface area contributed by atoms with E-state index in [2.05, 4.69) is 21.2 Å². The summed E-state index contributed by atoms with van der Waals surface area (Å²) < 4.78 is 0.558. The minimum atomic E-state index is -0.447. The number of amides is 1. The number of nitrogens with one attached hydrogen (secondary N) is 1. The van der Waals surface area contributed by atoms with Crippen molar-refractivity contribution in [2.45, 2.75) is 6.04 Å². The Morgan fingerprint density at radius 1 is 1.20 bits per heavy atom. The van der Waals surface area contributed by atoms with Crippen molar-refractivity contribution in [3.8, 4) is 0 Å². The molecule has 2 rings (SSSR count). The van der Waals surface area contributed by atoms with E-state index in [0.717, 1.165) is 5.56 Å².